The van der Waals surface area contributed by atoms with E-state index in [1.807, 2.05) is 6.07 Å². The monoisotopic (exact) mass is 302 g/mol. The maximum atomic E-state index is 12.6. The van der Waals surface area contributed by atoms with Crippen LogP contribution in [0.15, 0.2) is 36.9 Å². The van der Waals surface area contributed by atoms with Crippen molar-refractivity contribution in [1.82, 2.24) is 19.7 Å². The smallest absolute Gasteiger partial charge is 0.254 e. The van der Waals surface area contributed by atoms with Crippen molar-refractivity contribution in [3.05, 3.63) is 42.5 Å². The van der Waals surface area contributed by atoms with Gasteiger partial charge in [0.15, 0.2) is 0 Å². The summed E-state index contributed by atoms with van der Waals surface area (Å²) in [5, 5.41) is 27.4. The van der Waals surface area contributed by atoms with E-state index in [1.54, 1.807) is 47.2 Å². The lowest BCUT2D eigenvalue weighted by Crippen LogP contribution is -2.55. The second-order valence-corrected chi connectivity index (χ2v) is 5.79. The summed E-state index contributed by atoms with van der Waals surface area (Å²) in [4.78, 5) is 14.1. The number of nitrogens with zero attached hydrogens (tertiary/aromatic N) is 4. The van der Waals surface area contributed by atoms with Crippen LogP contribution in [-0.4, -0.2) is 60.6 Å². The molecule has 0 unspecified atom stereocenters. The zero-order valence-corrected chi connectivity index (χ0v) is 12.3. The first-order valence-corrected chi connectivity index (χ1v) is 7.12. The normalized spacial score (nSPS) is 25.2. The summed E-state index contributed by atoms with van der Waals surface area (Å²) in [5.41, 5.74) is 0.182. The van der Waals surface area contributed by atoms with Crippen molar-refractivity contribution in [1.29, 1.82) is 0 Å². The highest BCUT2D eigenvalue weighted by atomic mass is 16.3. The summed E-state index contributed by atoms with van der Waals surface area (Å²) in [6.07, 6.45) is 2.54. The Labute approximate surface area is 127 Å². The van der Waals surface area contributed by atoms with Gasteiger partial charge in [0.05, 0.1) is 11.7 Å². The molecule has 1 aliphatic rings. The van der Waals surface area contributed by atoms with E-state index in [0.717, 1.165) is 5.69 Å². The Kier molecular flexibility index (Phi) is 3.67. The molecule has 2 N–H and O–H groups in total. The number of benzene rings is 1. The van der Waals surface area contributed by atoms with E-state index in [-0.39, 0.29) is 12.5 Å². The molecule has 7 heteroatoms. The van der Waals surface area contributed by atoms with Crippen LogP contribution in [0.5, 0.6) is 0 Å². The van der Waals surface area contributed by atoms with Crippen molar-refractivity contribution in [2.75, 3.05) is 13.1 Å². The third-order valence-corrected chi connectivity index (χ3v) is 4.10. The van der Waals surface area contributed by atoms with Gasteiger partial charge in [0.1, 0.15) is 12.7 Å². The lowest BCUT2D eigenvalue weighted by Gasteiger charge is -2.39. The van der Waals surface area contributed by atoms with E-state index in [2.05, 4.69) is 10.2 Å². The molecule has 0 bridgehead atoms. The van der Waals surface area contributed by atoms with Gasteiger partial charge in [-0.3, -0.25) is 9.36 Å². The number of carbonyl (C=O) groups excluding carboxylic acids is 1. The zero-order chi connectivity index (χ0) is 15.7. The van der Waals surface area contributed by atoms with Crippen molar-refractivity contribution in [3.63, 3.8) is 0 Å². The van der Waals surface area contributed by atoms with Crippen LogP contribution in [0.1, 0.15) is 23.7 Å². The number of piperidine rings is 1. The molecule has 1 saturated heterocycles. The molecular weight excluding hydrogens is 284 g/mol. The van der Waals surface area contributed by atoms with Crippen LogP contribution < -0.4 is 0 Å². The molecule has 0 radical (unpaired) electrons. The third-order valence-electron chi connectivity index (χ3n) is 4.10. The molecule has 22 heavy (non-hydrogen) atoms. The van der Waals surface area contributed by atoms with E-state index in [1.165, 1.54) is 0 Å². The molecule has 0 spiro atoms. The third kappa shape index (κ3) is 2.72. The number of aliphatic hydroxyl groups excluding tert-OH is 1. The Morgan fingerprint density at radius 3 is 2.77 bits per heavy atom. The van der Waals surface area contributed by atoms with Crippen LogP contribution in [-0.2, 0) is 0 Å². The summed E-state index contributed by atoms with van der Waals surface area (Å²) >= 11 is 0. The molecule has 116 valence electrons. The lowest BCUT2D eigenvalue weighted by molar-refractivity contribution is -0.0999. The van der Waals surface area contributed by atoms with Crippen molar-refractivity contribution >= 4 is 5.91 Å². The summed E-state index contributed by atoms with van der Waals surface area (Å²) < 4.78 is 1.71. The van der Waals surface area contributed by atoms with Gasteiger partial charge in [-0.1, -0.05) is 6.07 Å². The number of carbonyl (C=O) groups is 1. The topological polar surface area (TPSA) is 91.5 Å². The van der Waals surface area contributed by atoms with Crippen LogP contribution in [0.3, 0.4) is 0 Å². The molecule has 3 rings (SSSR count). The number of β-amino-alcohol motifs (C(OH)–C–C–N with tert-alkyl or cyclic N) is 1. The highest BCUT2D eigenvalue weighted by molar-refractivity contribution is 5.94. The fourth-order valence-corrected chi connectivity index (χ4v) is 2.53. The molecule has 7 nitrogen and oxygen atoms in total. The van der Waals surface area contributed by atoms with Gasteiger partial charge in [0.2, 0.25) is 0 Å². The molecule has 0 saturated carbocycles. The fraction of sp³-hybridized carbons (Fsp3) is 0.400. The molecule has 1 fully saturated rings. The first-order chi connectivity index (χ1) is 10.5. The van der Waals surface area contributed by atoms with E-state index in [9.17, 15) is 15.0 Å². The number of aliphatic hydroxyl groups is 2. The molecule has 2 heterocycles. The number of aromatic nitrogens is 3. The fourth-order valence-electron chi connectivity index (χ4n) is 2.53. The Bertz CT molecular complexity index is 669. The zero-order valence-electron chi connectivity index (χ0n) is 12.3. The van der Waals surface area contributed by atoms with Crippen molar-refractivity contribution in [3.8, 4) is 5.69 Å². The highest BCUT2D eigenvalue weighted by Gasteiger charge is 2.38. The van der Waals surface area contributed by atoms with Crippen LogP contribution in [0.4, 0.5) is 0 Å². The average molecular weight is 302 g/mol. The van der Waals surface area contributed by atoms with Gasteiger partial charge in [-0.2, -0.15) is 0 Å². The second kappa shape index (κ2) is 5.51. The first kappa shape index (κ1) is 14.7. The maximum absolute atomic E-state index is 12.6. The van der Waals surface area contributed by atoms with Crippen LogP contribution in [0.2, 0.25) is 0 Å². The van der Waals surface area contributed by atoms with Crippen molar-refractivity contribution in [2.45, 2.75) is 25.0 Å². The van der Waals surface area contributed by atoms with Gasteiger partial charge in [0, 0.05) is 24.3 Å². The van der Waals surface area contributed by atoms with Gasteiger partial charge in [-0.15, -0.1) is 10.2 Å². The molecule has 0 aliphatic carbocycles. The molecule has 2 atom stereocenters. The SMILES string of the molecule is C[C@@]1(O)CCN(C(=O)c2cccc(-n3cnnc3)c2)C[C@@H]1O. The van der Waals surface area contributed by atoms with E-state index >= 15 is 0 Å². The number of rotatable bonds is 2. The van der Waals surface area contributed by atoms with Gasteiger partial charge in [-0.05, 0) is 31.5 Å². The van der Waals surface area contributed by atoms with Gasteiger partial charge < -0.3 is 15.1 Å². The van der Waals surface area contributed by atoms with Gasteiger partial charge in [-0.25, -0.2) is 0 Å². The first-order valence-electron chi connectivity index (χ1n) is 7.12. The molecule has 1 aliphatic heterocycles. The average Bonchev–Trinajstić information content (AvgIpc) is 3.04. The summed E-state index contributed by atoms with van der Waals surface area (Å²) in [7, 11) is 0. The number of likely N-dealkylation sites (tertiary alicyclic amines) is 1. The Morgan fingerprint density at radius 2 is 2.09 bits per heavy atom. The molecule has 1 aromatic heterocycles. The lowest BCUT2D eigenvalue weighted by atomic mass is 9.90. The van der Waals surface area contributed by atoms with Crippen LogP contribution >= 0.6 is 0 Å². The number of hydrogen-bond acceptors (Lipinski definition) is 5. The number of amides is 1. The predicted molar refractivity (Wildman–Crippen MR) is 78.5 cm³/mol. The minimum atomic E-state index is -1.14. The van der Waals surface area contributed by atoms with E-state index < -0.39 is 11.7 Å². The van der Waals surface area contributed by atoms with Crippen molar-refractivity contribution < 1.29 is 15.0 Å². The van der Waals surface area contributed by atoms with Gasteiger partial charge >= 0.3 is 0 Å². The summed E-state index contributed by atoms with van der Waals surface area (Å²) in [6.45, 7) is 2.13. The predicted octanol–water partition coefficient (Wildman–Crippen LogP) is 0.225. The van der Waals surface area contributed by atoms with Gasteiger partial charge in [0.25, 0.3) is 5.91 Å². The maximum Gasteiger partial charge on any atom is 0.254 e. The largest absolute Gasteiger partial charge is 0.388 e. The standard InChI is InChI=1S/C15H18N4O3/c1-15(22)5-6-18(8-13(15)20)14(21)11-3-2-4-12(7-11)19-9-16-17-10-19/h2-4,7,9-10,13,20,22H,5-6,8H2,1H3/t13-,15+/m0/s1. The van der Waals surface area contributed by atoms with Crippen LogP contribution in [0.25, 0.3) is 5.69 Å². The summed E-state index contributed by atoms with van der Waals surface area (Å²) in [6, 6.07) is 7.13. The Balaban J connectivity index is 1.80. The highest BCUT2D eigenvalue weighted by Crippen LogP contribution is 2.23. The molecule has 1 amide bonds. The minimum Gasteiger partial charge on any atom is -0.388 e. The molecule has 2 aromatic rings. The Morgan fingerprint density at radius 1 is 1.36 bits per heavy atom. The van der Waals surface area contributed by atoms with E-state index in [0.29, 0.717) is 18.5 Å². The van der Waals surface area contributed by atoms with E-state index in [4.69, 9.17) is 0 Å². The molecule has 1 aromatic carbocycles. The molecular formula is C15H18N4O3. The quantitative estimate of drug-likeness (QED) is 0.828. The number of hydrogen-bond donors (Lipinski definition) is 2. The van der Waals surface area contributed by atoms with Crippen molar-refractivity contribution in [2.24, 2.45) is 0 Å². The minimum absolute atomic E-state index is 0.128. The Hall–Kier alpha value is -2.25. The van der Waals surface area contributed by atoms with Crippen LogP contribution in [0, 0.1) is 0 Å². The summed E-state index contributed by atoms with van der Waals surface area (Å²) in [5.74, 6) is -0.163. The second-order valence-electron chi connectivity index (χ2n) is 5.79.